The van der Waals surface area contributed by atoms with Gasteiger partial charge in [0, 0.05) is 1.43 Å². The highest BCUT2D eigenvalue weighted by atomic mass is 14.8. The third kappa shape index (κ3) is 1.16. The van der Waals surface area contributed by atoms with Gasteiger partial charge in [-0.2, -0.15) is 0 Å². The maximum atomic E-state index is 3.17. The van der Waals surface area contributed by atoms with Crippen molar-refractivity contribution >= 4 is 0 Å². The summed E-state index contributed by atoms with van der Waals surface area (Å²) in [6, 6.07) is 0. The van der Waals surface area contributed by atoms with Crippen molar-refractivity contribution in [3.63, 3.8) is 0 Å². The van der Waals surface area contributed by atoms with E-state index in [2.05, 4.69) is 5.32 Å². The van der Waals surface area contributed by atoms with Crippen LogP contribution in [0.4, 0.5) is 0 Å². The van der Waals surface area contributed by atoms with Crippen molar-refractivity contribution in [2.45, 2.75) is 19.3 Å². The molecule has 1 heteroatoms. The lowest BCUT2D eigenvalue weighted by Gasteiger charge is -2.24. The Labute approximate surface area is 46.6 Å². The molecule has 44 valence electrons. The Morgan fingerprint density at radius 2 is 2.43 bits per heavy atom. The van der Waals surface area contributed by atoms with Crippen LogP contribution in [0.2, 0.25) is 0 Å². The molecule has 0 unspecified atom stereocenters. The molecule has 0 radical (unpaired) electrons. The summed E-state index contributed by atoms with van der Waals surface area (Å²) in [6.45, 7) is 1.24. The van der Waals surface area contributed by atoms with Crippen molar-refractivity contribution in [2.75, 3.05) is 13.6 Å². The topological polar surface area (TPSA) is 12.0 Å². The van der Waals surface area contributed by atoms with Crippen LogP contribution < -0.4 is 5.32 Å². The Morgan fingerprint density at radius 3 is 2.57 bits per heavy atom. The monoisotopic (exact) mass is 101 g/mol. The van der Waals surface area contributed by atoms with Crippen LogP contribution in [0.3, 0.4) is 0 Å². The van der Waals surface area contributed by atoms with E-state index in [0.717, 1.165) is 5.92 Å². The second-order valence-electron chi connectivity index (χ2n) is 2.35. The highest BCUT2D eigenvalue weighted by Gasteiger charge is 2.14. The van der Waals surface area contributed by atoms with Gasteiger partial charge in [-0.05, 0) is 32.4 Å². The third-order valence-electron chi connectivity index (χ3n) is 1.72. The quantitative estimate of drug-likeness (QED) is 0.552. The van der Waals surface area contributed by atoms with Gasteiger partial charge in [0.1, 0.15) is 0 Å². The van der Waals surface area contributed by atoms with E-state index < -0.39 is 0 Å². The van der Waals surface area contributed by atoms with Gasteiger partial charge in [-0.15, -0.1) is 0 Å². The molecule has 0 aromatic carbocycles. The van der Waals surface area contributed by atoms with Crippen LogP contribution in [0, 0.1) is 5.92 Å². The molecule has 0 aromatic rings. The summed E-state index contributed by atoms with van der Waals surface area (Å²) in [5.41, 5.74) is 0. The summed E-state index contributed by atoms with van der Waals surface area (Å²) in [6.07, 6.45) is 4.38. The predicted molar refractivity (Wildman–Crippen MR) is 33.4 cm³/mol. The number of hydrogen-bond acceptors (Lipinski definition) is 1. The highest BCUT2D eigenvalue weighted by Crippen LogP contribution is 2.24. The molecule has 0 saturated heterocycles. The van der Waals surface area contributed by atoms with Gasteiger partial charge < -0.3 is 5.32 Å². The molecule has 0 atom stereocenters. The molecule has 0 bridgehead atoms. The zero-order chi connectivity index (χ0) is 5.11. The van der Waals surface area contributed by atoms with Crippen molar-refractivity contribution in [1.29, 1.82) is 0 Å². The first-order chi connectivity index (χ1) is 3.43. The second kappa shape index (κ2) is 2.31. The van der Waals surface area contributed by atoms with Crippen LogP contribution in [0.25, 0.3) is 0 Å². The molecule has 1 aliphatic carbocycles. The highest BCUT2D eigenvalue weighted by molar-refractivity contribution is 4.70. The number of nitrogens with one attached hydrogen (secondary N) is 1. The van der Waals surface area contributed by atoms with E-state index in [4.69, 9.17) is 0 Å². The van der Waals surface area contributed by atoms with Gasteiger partial charge in [0.2, 0.25) is 0 Å². The molecule has 0 amide bonds. The van der Waals surface area contributed by atoms with Gasteiger partial charge in [0.15, 0.2) is 0 Å². The van der Waals surface area contributed by atoms with Crippen molar-refractivity contribution in [1.82, 2.24) is 5.32 Å². The van der Waals surface area contributed by atoms with E-state index in [1.54, 1.807) is 0 Å². The van der Waals surface area contributed by atoms with Gasteiger partial charge in [0.25, 0.3) is 0 Å². The Bertz CT molecular complexity index is 52.5. The molecule has 0 aliphatic heterocycles. The maximum absolute atomic E-state index is 3.17. The minimum atomic E-state index is 0. The fourth-order valence-corrected chi connectivity index (χ4v) is 0.986. The van der Waals surface area contributed by atoms with Crippen LogP contribution in [0.1, 0.15) is 20.7 Å². The van der Waals surface area contributed by atoms with E-state index in [1.165, 1.54) is 25.8 Å². The zero-order valence-corrected chi connectivity index (χ0v) is 4.91. The second-order valence-corrected chi connectivity index (χ2v) is 2.35. The Balaban J connectivity index is 0.000000490. The average Bonchev–Trinajstić information content (AvgIpc) is 1.55. The molecule has 1 rings (SSSR count). The molecule has 0 aromatic heterocycles. The lowest BCUT2D eigenvalue weighted by Crippen LogP contribution is -2.24. The first-order valence-corrected chi connectivity index (χ1v) is 3.08. The summed E-state index contributed by atoms with van der Waals surface area (Å²) in [5, 5.41) is 3.17. The van der Waals surface area contributed by atoms with Crippen LogP contribution >= 0.6 is 0 Å². The third-order valence-corrected chi connectivity index (χ3v) is 1.72. The standard InChI is InChI=1S/C6H13N.H2/c1-7-5-6-3-2-4-6;/h6-7H,2-5H2,1H3;1H. The Kier molecular flexibility index (Phi) is 1.69. The SMILES string of the molecule is CNCC1CCC1.[HH]. The fraction of sp³-hybridized carbons (Fsp3) is 1.00. The minimum absolute atomic E-state index is 0. The summed E-state index contributed by atoms with van der Waals surface area (Å²) >= 11 is 0. The van der Waals surface area contributed by atoms with Gasteiger partial charge in [-0.25, -0.2) is 0 Å². The number of rotatable bonds is 2. The molecular weight excluding hydrogens is 86.1 g/mol. The van der Waals surface area contributed by atoms with Gasteiger partial charge in [0.05, 0.1) is 0 Å². The fourth-order valence-electron chi connectivity index (χ4n) is 0.986. The van der Waals surface area contributed by atoms with Crippen LogP contribution in [-0.4, -0.2) is 13.6 Å². The molecular formula is C6H15N. The summed E-state index contributed by atoms with van der Waals surface area (Å²) in [5.74, 6) is 1.02. The van der Waals surface area contributed by atoms with Crippen molar-refractivity contribution in [2.24, 2.45) is 5.92 Å². The van der Waals surface area contributed by atoms with Gasteiger partial charge in [-0.3, -0.25) is 0 Å². The van der Waals surface area contributed by atoms with E-state index in [-0.39, 0.29) is 1.43 Å². The first kappa shape index (κ1) is 5.10. The van der Waals surface area contributed by atoms with Gasteiger partial charge in [-0.1, -0.05) is 6.42 Å². The Morgan fingerprint density at radius 1 is 1.71 bits per heavy atom. The smallest absolute Gasteiger partial charge is 0 e. The van der Waals surface area contributed by atoms with Crippen molar-refractivity contribution in [3.05, 3.63) is 0 Å². The molecule has 1 fully saturated rings. The Hall–Kier alpha value is -0.0400. The average molecular weight is 101 g/mol. The van der Waals surface area contributed by atoms with Crippen LogP contribution in [0.5, 0.6) is 0 Å². The zero-order valence-electron chi connectivity index (χ0n) is 4.91. The molecule has 1 aliphatic rings. The van der Waals surface area contributed by atoms with Crippen LogP contribution in [-0.2, 0) is 0 Å². The molecule has 1 nitrogen and oxygen atoms in total. The molecule has 1 saturated carbocycles. The predicted octanol–water partition coefficient (Wildman–Crippen LogP) is 1.25. The van der Waals surface area contributed by atoms with E-state index in [1.807, 2.05) is 7.05 Å². The maximum Gasteiger partial charge on any atom is 0 e. The summed E-state index contributed by atoms with van der Waals surface area (Å²) in [4.78, 5) is 0. The minimum Gasteiger partial charge on any atom is -0.319 e. The van der Waals surface area contributed by atoms with Crippen molar-refractivity contribution < 1.29 is 1.43 Å². The van der Waals surface area contributed by atoms with E-state index >= 15 is 0 Å². The lowest BCUT2D eigenvalue weighted by molar-refractivity contribution is 0.309. The molecule has 0 heterocycles. The first-order valence-electron chi connectivity index (χ1n) is 3.08. The summed E-state index contributed by atoms with van der Waals surface area (Å²) < 4.78 is 0. The molecule has 1 N–H and O–H groups in total. The molecule has 0 spiro atoms. The largest absolute Gasteiger partial charge is 0.319 e. The van der Waals surface area contributed by atoms with E-state index in [9.17, 15) is 0 Å². The van der Waals surface area contributed by atoms with Gasteiger partial charge >= 0.3 is 0 Å². The lowest BCUT2D eigenvalue weighted by atomic mass is 9.86. The summed E-state index contributed by atoms with van der Waals surface area (Å²) in [7, 11) is 2.03. The van der Waals surface area contributed by atoms with Crippen molar-refractivity contribution in [3.8, 4) is 0 Å². The van der Waals surface area contributed by atoms with Crippen LogP contribution in [0.15, 0.2) is 0 Å². The molecule has 7 heavy (non-hydrogen) atoms. The number of hydrogen-bond donors (Lipinski definition) is 1. The van der Waals surface area contributed by atoms with E-state index in [0.29, 0.717) is 0 Å². The normalized spacial score (nSPS) is 21.9.